The second kappa shape index (κ2) is 10.3. The average molecular weight is 430 g/mol. The fourth-order valence-corrected chi connectivity index (χ4v) is 4.56. The van der Waals surface area contributed by atoms with Crippen LogP contribution in [-0.2, 0) is 10.2 Å². The number of rotatable bonds is 4. The molecule has 0 amide bonds. The van der Waals surface area contributed by atoms with Crippen molar-refractivity contribution in [1.29, 1.82) is 10.5 Å². The lowest BCUT2D eigenvalue weighted by Crippen LogP contribution is -2.47. The van der Waals surface area contributed by atoms with E-state index in [9.17, 15) is 5.26 Å². The van der Waals surface area contributed by atoms with E-state index < -0.39 is 5.41 Å². The third-order valence-corrected chi connectivity index (χ3v) is 6.36. The minimum Gasteiger partial charge on any atom is -0.425 e. The van der Waals surface area contributed by atoms with Crippen molar-refractivity contribution in [3.8, 4) is 18.0 Å². The number of benzene rings is 2. The van der Waals surface area contributed by atoms with Crippen LogP contribution >= 0.6 is 0 Å². The molecule has 32 heavy (non-hydrogen) atoms. The third kappa shape index (κ3) is 5.08. The molecule has 7 heteroatoms. The highest BCUT2D eigenvalue weighted by atomic mass is 16.5. The molecule has 0 bridgehead atoms. The lowest BCUT2D eigenvalue weighted by Gasteiger charge is -2.41. The van der Waals surface area contributed by atoms with E-state index in [1.54, 1.807) is 12.1 Å². The van der Waals surface area contributed by atoms with E-state index in [-0.39, 0.29) is 6.02 Å². The van der Waals surface area contributed by atoms with Gasteiger partial charge in [0.1, 0.15) is 5.75 Å². The zero-order chi connectivity index (χ0) is 22.2. The largest absolute Gasteiger partial charge is 0.425 e. The molecule has 1 N–H and O–H groups in total. The van der Waals surface area contributed by atoms with Gasteiger partial charge in [-0.05, 0) is 55.5 Å². The van der Waals surface area contributed by atoms with Gasteiger partial charge < -0.3 is 9.47 Å². The molecule has 1 aliphatic heterocycles. The molecule has 0 spiro atoms. The molecule has 1 heterocycles. The molecule has 0 radical (unpaired) electrons. The molecule has 0 atom stereocenters. The predicted molar refractivity (Wildman–Crippen MR) is 121 cm³/mol. The summed E-state index contributed by atoms with van der Waals surface area (Å²) in [6.45, 7) is 3.58. The summed E-state index contributed by atoms with van der Waals surface area (Å²) in [5.74, 6) is 0.589. The van der Waals surface area contributed by atoms with Crippen molar-refractivity contribution in [2.24, 2.45) is 4.99 Å². The highest BCUT2D eigenvalue weighted by molar-refractivity contribution is 5.80. The van der Waals surface area contributed by atoms with Crippen LogP contribution in [0.5, 0.6) is 5.75 Å². The van der Waals surface area contributed by atoms with E-state index >= 15 is 0 Å². The topological polar surface area (TPSA) is 93.7 Å². The Balaban J connectivity index is 1.45. The predicted octanol–water partition coefficient (Wildman–Crippen LogP) is 3.86. The molecule has 0 aromatic heterocycles. The van der Waals surface area contributed by atoms with Gasteiger partial charge in [0, 0.05) is 19.1 Å². The molecule has 4 rings (SSSR count). The maximum absolute atomic E-state index is 10.1. The first kappa shape index (κ1) is 21.8. The van der Waals surface area contributed by atoms with Crippen molar-refractivity contribution >= 4 is 11.7 Å². The van der Waals surface area contributed by atoms with Crippen LogP contribution in [0.2, 0.25) is 0 Å². The molecule has 7 nitrogen and oxygen atoms in total. The summed E-state index contributed by atoms with van der Waals surface area (Å²) in [5, 5.41) is 21.6. The fourth-order valence-electron chi connectivity index (χ4n) is 4.56. The molecule has 2 aliphatic rings. The van der Waals surface area contributed by atoms with Crippen LogP contribution < -0.4 is 10.1 Å². The number of nitriles is 2. The second-order valence-electron chi connectivity index (χ2n) is 8.19. The van der Waals surface area contributed by atoms with Crippen LogP contribution in [0.15, 0.2) is 59.6 Å². The Morgan fingerprint density at radius 3 is 2.34 bits per heavy atom. The van der Waals surface area contributed by atoms with Crippen LogP contribution in [0.3, 0.4) is 0 Å². The summed E-state index contributed by atoms with van der Waals surface area (Å²) >= 11 is 0. The number of amidine groups is 1. The maximum Gasteiger partial charge on any atom is 0.309 e. The standard InChI is InChI=1S/C25H27N5O2/c26-18-25(12-10-22(11-13-25)30-14-16-31-17-15-30)20-6-8-21(9-7-20)29-24(28-19-27)32-23-4-2-1-3-5-23/h1-9,22H,10-17H2,(H,28,29)/t22-,25-. The number of nitrogens with zero attached hydrogens (tertiary/aromatic N) is 4. The highest BCUT2D eigenvalue weighted by Crippen LogP contribution is 2.41. The monoisotopic (exact) mass is 429 g/mol. The molecular formula is C25H27N5O2. The number of morpholine rings is 1. The lowest BCUT2D eigenvalue weighted by molar-refractivity contribution is 0.00507. The summed E-state index contributed by atoms with van der Waals surface area (Å²) < 4.78 is 11.1. The SMILES string of the molecule is N#CN/C(=N/c1ccc([C@]2(C#N)CC[C@@H](N3CCOCC3)CC2)cc1)Oc1ccccc1. The second-order valence-corrected chi connectivity index (χ2v) is 8.19. The van der Waals surface area contributed by atoms with Crippen molar-refractivity contribution in [3.63, 3.8) is 0 Å². The molecular weight excluding hydrogens is 402 g/mol. The number of hydrogen-bond acceptors (Lipinski definition) is 6. The normalized spacial score (nSPS) is 24.2. The van der Waals surface area contributed by atoms with Crippen molar-refractivity contribution < 1.29 is 9.47 Å². The van der Waals surface area contributed by atoms with Gasteiger partial charge in [-0.25, -0.2) is 5.32 Å². The van der Waals surface area contributed by atoms with E-state index in [4.69, 9.17) is 14.7 Å². The lowest BCUT2D eigenvalue weighted by atomic mass is 9.69. The minimum atomic E-state index is -0.459. The molecule has 164 valence electrons. The van der Waals surface area contributed by atoms with Gasteiger partial charge in [-0.2, -0.15) is 15.5 Å². The first-order chi connectivity index (χ1) is 15.7. The molecule has 2 aromatic carbocycles. The van der Waals surface area contributed by atoms with Crippen molar-refractivity contribution in [3.05, 3.63) is 60.2 Å². The van der Waals surface area contributed by atoms with Crippen LogP contribution in [0, 0.1) is 22.8 Å². The summed E-state index contributed by atoms with van der Waals surface area (Å²) in [4.78, 5) is 6.92. The van der Waals surface area contributed by atoms with E-state index in [2.05, 4.69) is 21.3 Å². The van der Waals surface area contributed by atoms with E-state index in [0.717, 1.165) is 57.6 Å². The first-order valence-corrected chi connectivity index (χ1v) is 11.0. The Labute approximate surface area is 188 Å². The molecule has 1 saturated heterocycles. The number of aliphatic imine (C=N–C) groups is 1. The number of nitrogens with one attached hydrogen (secondary N) is 1. The number of ether oxygens (including phenoxy) is 2. The van der Waals surface area contributed by atoms with Crippen molar-refractivity contribution in [1.82, 2.24) is 10.2 Å². The van der Waals surface area contributed by atoms with Gasteiger partial charge >= 0.3 is 6.02 Å². The Bertz CT molecular complexity index is 993. The van der Waals surface area contributed by atoms with Gasteiger partial charge in [0.25, 0.3) is 0 Å². The molecule has 2 aromatic rings. The van der Waals surface area contributed by atoms with Gasteiger partial charge in [0.15, 0.2) is 6.19 Å². The first-order valence-electron chi connectivity index (χ1n) is 11.0. The van der Waals surface area contributed by atoms with Crippen molar-refractivity contribution in [2.45, 2.75) is 37.1 Å². The zero-order valence-corrected chi connectivity index (χ0v) is 18.0. The Morgan fingerprint density at radius 2 is 1.72 bits per heavy atom. The van der Waals surface area contributed by atoms with Crippen LogP contribution in [-0.4, -0.2) is 43.3 Å². The van der Waals surface area contributed by atoms with E-state index in [1.807, 2.05) is 48.7 Å². The van der Waals surface area contributed by atoms with Gasteiger partial charge in [-0.3, -0.25) is 4.90 Å². The Hall–Kier alpha value is -3.39. The minimum absolute atomic E-state index is 0.104. The van der Waals surface area contributed by atoms with Crippen LogP contribution in [0.1, 0.15) is 31.2 Å². The zero-order valence-electron chi connectivity index (χ0n) is 18.0. The van der Waals surface area contributed by atoms with Crippen LogP contribution in [0.25, 0.3) is 0 Å². The Kier molecular flexibility index (Phi) is 7.01. The van der Waals surface area contributed by atoms with Gasteiger partial charge in [0.2, 0.25) is 0 Å². The number of para-hydroxylation sites is 1. The summed E-state index contributed by atoms with van der Waals surface area (Å²) in [5.41, 5.74) is 1.22. The fraction of sp³-hybridized carbons (Fsp3) is 0.400. The van der Waals surface area contributed by atoms with Crippen molar-refractivity contribution in [2.75, 3.05) is 26.3 Å². The quantitative estimate of drug-likeness (QED) is 0.343. The molecule has 1 aliphatic carbocycles. The summed E-state index contributed by atoms with van der Waals surface area (Å²) in [6.07, 6.45) is 5.61. The van der Waals surface area contributed by atoms with Gasteiger partial charge in [-0.15, -0.1) is 0 Å². The van der Waals surface area contributed by atoms with Gasteiger partial charge in [-0.1, -0.05) is 30.3 Å². The highest BCUT2D eigenvalue weighted by Gasteiger charge is 2.38. The molecule has 2 fully saturated rings. The van der Waals surface area contributed by atoms with Gasteiger partial charge in [0.05, 0.1) is 30.4 Å². The summed E-state index contributed by atoms with van der Waals surface area (Å²) in [7, 11) is 0. The Morgan fingerprint density at radius 1 is 1.03 bits per heavy atom. The summed E-state index contributed by atoms with van der Waals surface area (Å²) in [6, 6.07) is 20.1. The third-order valence-electron chi connectivity index (χ3n) is 6.36. The van der Waals surface area contributed by atoms with E-state index in [0.29, 0.717) is 17.5 Å². The molecule has 0 unspecified atom stereocenters. The van der Waals surface area contributed by atoms with E-state index in [1.165, 1.54) is 0 Å². The van der Waals surface area contributed by atoms with Crippen LogP contribution in [0.4, 0.5) is 5.69 Å². The smallest absolute Gasteiger partial charge is 0.309 e. The number of hydrogen-bond donors (Lipinski definition) is 1. The maximum atomic E-state index is 10.1. The average Bonchev–Trinajstić information content (AvgIpc) is 2.86. The molecule has 1 saturated carbocycles.